The average molecular weight is 284 g/mol. The highest BCUT2D eigenvalue weighted by Crippen LogP contribution is 2.24. The van der Waals surface area contributed by atoms with Crippen molar-refractivity contribution < 1.29 is 9.59 Å². The van der Waals surface area contributed by atoms with E-state index >= 15 is 0 Å². The van der Waals surface area contributed by atoms with E-state index in [1.54, 1.807) is 4.90 Å². The Kier molecular flexibility index (Phi) is 3.53. The number of aromatic nitrogens is 1. The predicted octanol–water partition coefficient (Wildman–Crippen LogP) is 3.06. The molecule has 1 saturated heterocycles. The number of fused-ring (bicyclic) bond motifs is 1. The van der Waals surface area contributed by atoms with Gasteiger partial charge in [-0.15, -0.1) is 0 Å². The van der Waals surface area contributed by atoms with E-state index in [0.29, 0.717) is 12.1 Å². The molecular formula is C17H20N2O2. The number of ketones is 1. The first kappa shape index (κ1) is 13.9. The minimum Gasteiger partial charge on any atom is -0.358 e. The lowest BCUT2D eigenvalue weighted by Crippen LogP contribution is -2.45. The van der Waals surface area contributed by atoms with Gasteiger partial charge in [0.15, 0.2) is 0 Å². The minimum atomic E-state index is -0.390. The molecule has 1 aliphatic heterocycles. The summed E-state index contributed by atoms with van der Waals surface area (Å²) in [6.07, 6.45) is 3.09. The zero-order valence-electron chi connectivity index (χ0n) is 12.5. The number of carbonyl (C=O) groups is 2. The average Bonchev–Trinajstić information content (AvgIpc) is 2.82. The number of para-hydroxylation sites is 1. The molecule has 1 aliphatic rings. The van der Waals surface area contributed by atoms with Crippen LogP contribution >= 0.6 is 0 Å². The first-order valence-corrected chi connectivity index (χ1v) is 7.52. The van der Waals surface area contributed by atoms with Crippen molar-refractivity contribution in [3.05, 3.63) is 35.5 Å². The summed E-state index contributed by atoms with van der Waals surface area (Å²) in [5.74, 6) is -0.756. The Labute approximate surface area is 124 Å². The van der Waals surface area contributed by atoms with Gasteiger partial charge in [-0.25, -0.2) is 0 Å². The van der Waals surface area contributed by atoms with E-state index in [1.807, 2.05) is 38.1 Å². The van der Waals surface area contributed by atoms with E-state index in [-0.39, 0.29) is 11.9 Å². The highest BCUT2D eigenvalue weighted by molar-refractivity contribution is 6.45. The second kappa shape index (κ2) is 5.35. The van der Waals surface area contributed by atoms with Crippen molar-refractivity contribution in [2.75, 3.05) is 6.54 Å². The normalized spacial score (nSPS) is 19.0. The van der Waals surface area contributed by atoms with Crippen LogP contribution in [-0.4, -0.2) is 34.2 Å². The molecule has 2 aromatic rings. The van der Waals surface area contributed by atoms with Crippen molar-refractivity contribution in [2.45, 2.75) is 39.2 Å². The number of benzene rings is 1. The summed E-state index contributed by atoms with van der Waals surface area (Å²) in [6, 6.07) is 7.77. The molecule has 0 saturated carbocycles. The van der Waals surface area contributed by atoms with Gasteiger partial charge in [0.05, 0.1) is 5.56 Å². The van der Waals surface area contributed by atoms with Crippen LogP contribution in [0.1, 0.15) is 42.2 Å². The quantitative estimate of drug-likeness (QED) is 0.680. The molecule has 1 atom stereocenters. The molecule has 4 nitrogen and oxygen atoms in total. The number of amides is 1. The number of Topliss-reactive ketones (excluding diaryl/α,β-unsaturated/α-hetero) is 1. The summed E-state index contributed by atoms with van der Waals surface area (Å²) >= 11 is 0. The molecule has 110 valence electrons. The second-order valence-corrected chi connectivity index (χ2v) is 5.84. The summed E-state index contributed by atoms with van der Waals surface area (Å²) in [5, 5.41) is 0.831. The zero-order chi connectivity index (χ0) is 15.0. The highest BCUT2D eigenvalue weighted by atomic mass is 16.2. The first-order chi connectivity index (χ1) is 10.1. The summed E-state index contributed by atoms with van der Waals surface area (Å²) in [4.78, 5) is 30.2. The maximum Gasteiger partial charge on any atom is 0.295 e. The van der Waals surface area contributed by atoms with Crippen molar-refractivity contribution in [1.29, 1.82) is 0 Å². The number of piperidine rings is 1. The van der Waals surface area contributed by atoms with Gasteiger partial charge in [-0.2, -0.15) is 0 Å². The molecule has 0 spiro atoms. The molecule has 2 heterocycles. The van der Waals surface area contributed by atoms with E-state index < -0.39 is 5.78 Å². The number of nitrogens with zero attached hydrogens (tertiary/aromatic N) is 1. The van der Waals surface area contributed by atoms with E-state index in [1.165, 1.54) is 0 Å². The lowest BCUT2D eigenvalue weighted by atomic mass is 10.0. The van der Waals surface area contributed by atoms with Crippen LogP contribution in [0.2, 0.25) is 0 Å². The van der Waals surface area contributed by atoms with Gasteiger partial charge in [0.1, 0.15) is 0 Å². The molecule has 3 rings (SSSR count). The molecule has 1 N–H and O–H groups in total. The number of rotatable bonds is 2. The van der Waals surface area contributed by atoms with Gasteiger partial charge in [-0.05, 0) is 39.2 Å². The maximum atomic E-state index is 12.7. The fourth-order valence-electron chi connectivity index (χ4n) is 3.21. The summed E-state index contributed by atoms with van der Waals surface area (Å²) in [7, 11) is 0. The van der Waals surface area contributed by atoms with Crippen molar-refractivity contribution in [2.24, 2.45) is 0 Å². The molecule has 1 aromatic carbocycles. The topological polar surface area (TPSA) is 53.2 Å². The fourth-order valence-corrected chi connectivity index (χ4v) is 3.21. The lowest BCUT2D eigenvalue weighted by molar-refractivity contribution is -0.129. The van der Waals surface area contributed by atoms with Crippen molar-refractivity contribution in [3.8, 4) is 0 Å². The monoisotopic (exact) mass is 284 g/mol. The summed E-state index contributed by atoms with van der Waals surface area (Å²) in [5.41, 5.74) is 2.19. The van der Waals surface area contributed by atoms with Gasteiger partial charge in [0, 0.05) is 29.2 Å². The van der Waals surface area contributed by atoms with Crippen LogP contribution in [0.5, 0.6) is 0 Å². The molecule has 0 radical (unpaired) electrons. The first-order valence-electron chi connectivity index (χ1n) is 7.52. The molecule has 1 aromatic heterocycles. The molecule has 0 unspecified atom stereocenters. The molecule has 21 heavy (non-hydrogen) atoms. The van der Waals surface area contributed by atoms with Crippen LogP contribution < -0.4 is 0 Å². The van der Waals surface area contributed by atoms with Crippen molar-refractivity contribution in [1.82, 2.24) is 9.88 Å². The van der Waals surface area contributed by atoms with E-state index in [0.717, 1.165) is 35.9 Å². The number of nitrogens with one attached hydrogen (secondary N) is 1. The van der Waals surface area contributed by atoms with Crippen LogP contribution in [0.25, 0.3) is 10.9 Å². The van der Waals surface area contributed by atoms with Crippen molar-refractivity contribution >= 4 is 22.6 Å². The maximum absolute atomic E-state index is 12.7. The fraction of sp³-hybridized carbons (Fsp3) is 0.412. The van der Waals surface area contributed by atoms with Crippen LogP contribution in [0.15, 0.2) is 24.3 Å². The number of aryl methyl sites for hydroxylation is 1. The van der Waals surface area contributed by atoms with Gasteiger partial charge < -0.3 is 9.88 Å². The molecule has 0 bridgehead atoms. The second-order valence-electron chi connectivity index (χ2n) is 5.84. The third-order valence-corrected chi connectivity index (χ3v) is 4.38. The van der Waals surface area contributed by atoms with Crippen LogP contribution in [0, 0.1) is 6.92 Å². The number of hydrogen-bond donors (Lipinski definition) is 1. The zero-order valence-corrected chi connectivity index (χ0v) is 12.5. The van der Waals surface area contributed by atoms with Crippen LogP contribution in [0.4, 0.5) is 0 Å². The van der Waals surface area contributed by atoms with Gasteiger partial charge >= 0.3 is 0 Å². The largest absolute Gasteiger partial charge is 0.358 e. The number of H-pyrrole nitrogens is 1. The Morgan fingerprint density at radius 3 is 2.76 bits per heavy atom. The molecular weight excluding hydrogens is 264 g/mol. The number of hydrogen-bond acceptors (Lipinski definition) is 2. The predicted molar refractivity (Wildman–Crippen MR) is 82.4 cm³/mol. The molecule has 4 heteroatoms. The van der Waals surface area contributed by atoms with Crippen molar-refractivity contribution in [3.63, 3.8) is 0 Å². The summed E-state index contributed by atoms with van der Waals surface area (Å²) < 4.78 is 0. The van der Waals surface area contributed by atoms with Gasteiger partial charge in [-0.3, -0.25) is 9.59 Å². The minimum absolute atomic E-state index is 0.153. The number of carbonyl (C=O) groups excluding carboxylic acids is 2. The smallest absolute Gasteiger partial charge is 0.295 e. The van der Waals surface area contributed by atoms with Crippen LogP contribution in [0.3, 0.4) is 0 Å². The Hall–Kier alpha value is -2.10. The van der Waals surface area contributed by atoms with Gasteiger partial charge in [0.25, 0.3) is 11.7 Å². The lowest BCUT2D eigenvalue weighted by Gasteiger charge is -2.32. The molecule has 0 aliphatic carbocycles. The Bertz CT molecular complexity index is 702. The SMILES string of the molecule is Cc1[nH]c2ccccc2c1C(=O)C(=O)N1CCCC[C@@H]1C. The number of likely N-dealkylation sites (tertiary alicyclic amines) is 1. The van der Waals surface area contributed by atoms with E-state index in [9.17, 15) is 9.59 Å². The Morgan fingerprint density at radius 2 is 2.00 bits per heavy atom. The summed E-state index contributed by atoms with van der Waals surface area (Å²) in [6.45, 7) is 4.56. The Morgan fingerprint density at radius 1 is 1.24 bits per heavy atom. The van der Waals surface area contributed by atoms with Gasteiger partial charge in [0.2, 0.25) is 0 Å². The number of aromatic amines is 1. The third-order valence-electron chi connectivity index (χ3n) is 4.38. The van der Waals surface area contributed by atoms with Gasteiger partial charge in [-0.1, -0.05) is 18.2 Å². The molecule has 1 fully saturated rings. The van der Waals surface area contributed by atoms with E-state index in [4.69, 9.17) is 0 Å². The standard InChI is InChI=1S/C17H20N2O2/c1-11-7-5-6-10-19(11)17(21)16(20)15-12(2)18-14-9-4-3-8-13(14)15/h3-4,8-9,11,18H,5-7,10H2,1-2H3/t11-/m0/s1. The third kappa shape index (κ3) is 2.35. The highest BCUT2D eigenvalue weighted by Gasteiger charge is 2.31. The van der Waals surface area contributed by atoms with Crippen LogP contribution in [-0.2, 0) is 4.79 Å². The molecule has 1 amide bonds. The Balaban J connectivity index is 1.96. The van der Waals surface area contributed by atoms with E-state index in [2.05, 4.69) is 4.98 Å².